The Morgan fingerprint density at radius 1 is 1.34 bits per heavy atom. The lowest BCUT2D eigenvalue weighted by Crippen LogP contribution is -2.31. The maximum Gasteiger partial charge on any atom is 0.313 e. The van der Waals surface area contributed by atoms with Gasteiger partial charge in [0.1, 0.15) is 6.42 Å². The summed E-state index contributed by atoms with van der Waals surface area (Å²) in [6, 6.07) is 4.75. The van der Waals surface area contributed by atoms with E-state index in [1.54, 1.807) is 18.2 Å². The topological polar surface area (TPSA) is 117 Å². The summed E-state index contributed by atoms with van der Waals surface area (Å²) >= 11 is 1.08. The molecule has 0 aliphatic carbocycles. The van der Waals surface area contributed by atoms with Gasteiger partial charge in [-0.05, 0) is 44.9 Å². The van der Waals surface area contributed by atoms with E-state index < -0.39 is 5.97 Å². The van der Waals surface area contributed by atoms with E-state index in [0.717, 1.165) is 24.6 Å². The number of amides is 1. The van der Waals surface area contributed by atoms with Gasteiger partial charge in [0.15, 0.2) is 10.9 Å². The van der Waals surface area contributed by atoms with Gasteiger partial charge in [-0.1, -0.05) is 11.8 Å². The number of carbonyl (C=O) groups is 3. The smallest absolute Gasteiger partial charge is 0.313 e. The van der Waals surface area contributed by atoms with E-state index in [4.69, 9.17) is 4.74 Å². The Kier molecular flexibility index (Phi) is 8.03. The van der Waals surface area contributed by atoms with E-state index in [1.807, 2.05) is 13.8 Å². The van der Waals surface area contributed by atoms with Crippen molar-refractivity contribution < 1.29 is 23.9 Å². The Hall–Kier alpha value is -2.72. The molecule has 32 heavy (non-hydrogen) atoms. The molecule has 9 nitrogen and oxygen atoms in total. The number of thioether (sulfide) groups is 1. The average molecular weight is 462 g/mol. The first-order valence-corrected chi connectivity index (χ1v) is 11.5. The Balaban J connectivity index is 1.95. The highest BCUT2D eigenvalue weighted by molar-refractivity contribution is 7.99. The SMILES string of the molecule is COC(=O)CC(=O)CSc1nc2cc(C(=O)NC(C)C)ccc2c(=O)n1CC1CCCO1. The summed E-state index contributed by atoms with van der Waals surface area (Å²) < 4.78 is 11.7. The van der Waals surface area contributed by atoms with E-state index in [1.165, 1.54) is 11.7 Å². The molecule has 1 aliphatic rings. The molecular formula is C22H27N3O6S. The largest absolute Gasteiger partial charge is 0.469 e. The molecule has 172 valence electrons. The van der Waals surface area contributed by atoms with E-state index in [-0.39, 0.29) is 41.6 Å². The first kappa shape index (κ1) is 23.9. The highest BCUT2D eigenvalue weighted by Gasteiger charge is 2.22. The Labute approximate surface area is 189 Å². The number of carbonyl (C=O) groups excluding carboxylic acids is 3. The highest BCUT2D eigenvalue weighted by atomic mass is 32.2. The van der Waals surface area contributed by atoms with Crippen LogP contribution in [0.15, 0.2) is 28.2 Å². The maximum absolute atomic E-state index is 13.3. The summed E-state index contributed by atoms with van der Waals surface area (Å²) in [7, 11) is 1.22. The summed E-state index contributed by atoms with van der Waals surface area (Å²) in [5, 5.41) is 3.54. The quantitative estimate of drug-likeness (QED) is 0.261. The van der Waals surface area contributed by atoms with Gasteiger partial charge in [0.2, 0.25) is 0 Å². The Morgan fingerprint density at radius 2 is 2.12 bits per heavy atom. The minimum Gasteiger partial charge on any atom is -0.469 e. The van der Waals surface area contributed by atoms with Gasteiger partial charge in [-0.15, -0.1) is 0 Å². The third-order valence-electron chi connectivity index (χ3n) is 4.94. The molecule has 1 aromatic carbocycles. The molecule has 1 amide bonds. The number of ketones is 1. The third kappa shape index (κ3) is 5.95. The number of nitrogens with zero attached hydrogens (tertiary/aromatic N) is 2. The number of methoxy groups -OCH3 is 1. The van der Waals surface area contributed by atoms with Gasteiger partial charge < -0.3 is 14.8 Å². The molecule has 2 aromatic rings. The lowest BCUT2D eigenvalue weighted by Gasteiger charge is -2.16. The molecule has 1 atom stereocenters. The maximum atomic E-state index is 13.3. The van der Waals surface area contributed by atoms with Gasteiger partial charge in [-0.3, -0.25) is 23.7 Å². The molecule has 0 bridgehead atoms. The van der Waals surface area contributed by atoms with Crippen LogP contribution in [-0.2, 0) is 25.6 Å². The lowest BCUT2D eigenvalue weighted by atomic mass is 10.1. The van der Waals surface area contributed by atoms with Crippen LogP contribution in [0.5, 0.6) is 0 Å². The van der Waals surface area contributed by atoms with Gasteiger partial charge in [0, 0.05) is 18.2 Å². The van der Waals surface area contributed by atoms with Crippen molar-refractivity contribution in [3.05, 3.63) is 34.1 Å². The van der Waals surface area contributed by atoms with E-state index >= 15 is 0 Å². The normalized spacial score (nSPS) is 15.8. The van der Waals surface area contributed by atoms with Gasteiger partial charge in [0.05, 0.1) is 36.4 Å². The molecule has 10 heteroatoms. The molecule has 1 N–H and O–H groups in total. The summed E-state index contributed by atoms with van der Waals surface area (Å²) in [4.78, 5) is 53.7. The fourth-order valence-corrected chi connectivity index (χ4v) is 4.25. The second-order valence-electron chi connectivity index (χ2n) is 7.89. The zero-order valence-corrected chi connectivity index (χ0v) is 19.2. The number of hydrogen-bond donors (Lipinski definition) is 1. The van der Waals surface area contributed by atoms with Crippen molar-refractivity contribution in [2.24, 2.45) is 0 Å². The second kappa shape index (κ2) is 10.7. The first-order chi connectivity index (χ1) is 15.3. The van der Waals surface area contributed by atoms with Crippen LogP contribution in [-0.4, -0.2) is 58.8 Å². The summed E-state index contributed by atoms with van der Waals surface area (Å²) in [6.07, 6.45) is 1.32. The van der Waals surface area contributed by atoms with Crippen LogP contribution in [0.2, 0.25) is 0 Å². The number of fused-ring (bicyclic) bond motifs is 1. The molecule has 1 fully saturated rings. The van der Waals surface area contributed by atoms with Gasteiger partial charge >= 0.3 is 5.97 Å². The van der Waals surface area contributed by atoms with Crippen LogP contribution < -0.4 is 10.9 Å². The number of Topliss-reactive ketones (excluding diaryl/α,β-unsaturated/α-hetero) is 1. The van der Waals surface area contributed by atoms with Crippen LogP contribution in [0.25, 0.3) is 10.9 Å². The van der Waals surface area contributed by atoms with Gasteiger partial charge in [-0.25, -0.2) is 4.98 Å². The van der Waals surface area contributed by atoms with Crippen molar-refractivity contribution in [1.29, 1.82) is 0 Å². The van der Waals surface area contributed by atoms with Crippen LogP contribution in [0.4, 0.5) is 0 Å². The average Bonchev–Trinajstić information content (AvgIpc) is 3.26. The number of aromatic nitrogens is 2. The molecular weight excluding hydrogens is 434 g/mol. The number of nitrogens with one attached hydrogen (secondary N) is 1. The molecule has 2 heterocycles. The molecule has 1 aromatic heterocycles. The minimum atomic E-state index is -0.611. The summed E-state index contributed by atoms with van der Waals surface area (Å²) in [5.74, 6) is -1.23. The van der Waals surface area contributed by atoms with E-state index in [9.17, 15) is 19.2 Å². The summed E-state index contributed by atoms with van der Waals surface area (Å²) in [5.41, 5.74) is 0.509. The summed E-state index contributed by atoms with van der Waals surface area (Å²) in [6.45, 7) is 4.70. The van der Waals surface area contributed by atoms with Crippen LogP contribution in [0.3, 0.4) is 0 Å². The van der Waals surface area contributed by atoms with Crippen molar-refractivity contribution in [3.63, 3.8) is 0 Å². The van der Waals surface area contributed by atoms with Crippen LogP contribution in [0, 0.1) is 0 Å². The Bertz CT molecular complexity index is 1080. The van der Waals surface area contributed by atoms with Crippen molar-refractivity contribution in [2.75, 3.05) is 19.5 Å². The van der Waals surface area contributed by atoms with Crippen molar-refractivity contribution >= 4 is 40.3 Å². The van der Waals surface area contributed by atoms with Gasteiger partial charge in [0.25, 0.3) is 11.5 Å². The molecule has 1 unspecified atom stereocenters. The molecule has 0 saturated carbocycles. The zero-order valence-electron chi connectivity index (χ0n) is 18.4. The van der Waals surface area contributed by atoms with Gasteiger partial charge in [-0.2, -0.15) is 0 Å². The fraction of sp³-hybridized carbons (Fsp3) is 0.500. The number of ether oxygens (including phenoxy) is 2. The van der Waals surface area contributed by atoms with Crippen LogP contribution in [0.1, 0.15) is 43.5 Å². The minimum absolute atomic E-state index is 0.0301. The first-order valence-electron chi connectivity index (χ1n) is 10.5. The highest BCUT2D eigenvalue weighted by Crippen LogP contribution is 2.22. The molecule has 1 aliphatic heterocycles. The number of benzene rings is 1. The van der Waals surface area contributed by atoms with Crippen LogP contribution >= 0.6 is 11.8 Å². The second-order valence-corrected chi connectivity index (χ2v) is 8.83. The number of hydrogen-bond acceptors (Lipinski definition) is 8. The van der Waals surface area contributed by atoms with Crippen molar-refractivity contribution in [2.45, 2.75) is 57.0 Å². The molecule has 0 spiro atoms. The standard InChI is InChI=1S/C22H27N3O6S/c1-13(2)23-20(28)14-6-7-17-18(9-14)24-22(32-12-15(26)10-19(27)30-3)25(21(17)29)11-16-5-4-8-31-16/h6-7,9,13,16H,4-5,8,10-12H2,1-3H3,(H,23,28). The van der Waals surface area contributed by atoms with Crippen molar-refractivity contribution in [1.82, 2.24) is 14.9 Å². The monoisotopic (exact) mass is 461 g/mol. The Morgan fingerprint density at radius 3 is 2.78 bits per heavy atom. The fourth-order valence-electron chi connectivity index (χ4n) is 3.38. The molecule has 0 radical (unpaired) electrons. The third-order valence-corrected chi connectivity index (χ3v) is 5.98. The van der Waals surface area contributed by atoms with Crippen molar-refractivity contribution in [3.8, 4) is 0 Å². The van der Waals surface area contributed by atoms with E-state index in [0.29, 0.717) is 34.8 Å². The number of esters is 1. The van der Waals surface area contributed by atoms with E-state index in [2.05, 4.69) is 15.0 Å². The predicted octanol–water partition coefficient (Wildman–Crippen LogP) is 1.94. The lowest BCUT2D eigenvalue weighted by molar-refractivity contribution is -0.142. The zero-order chi connectivity index (χ0) is 23.3. The molecule has 3 rings (SSSR count). The molecule has 1 saturated heterocycles. The predicted molar refractivity (Wildman–Crippen MR) is 120 cm³/mol. The number of rotatable bonds is 9.